The number of para-hydroxylation sites is 1. The second-order valence-corrected chi connectivity index (χ2v) is 10.0. The van der Waals surface area contributed by atoms with E-state index in [1.807, 2.05) is 18.2 Å². The monoisotopic (exact) mass is 575 g/mol. The number of nitrogen functional groups attached to an aromatic ring is 1. The van der Waals surface area contributed by atoms with E-state index < -0.39 is 0 Å². The number of nitrogens with zero attached hydrogens (tertiary/aromatic N) is 9. The van der Waals surface area contributed by atoms with E-state index in [1.54, 1.807) is 53.4 Å². The number of nitrogens with two attached hydrogens (primary N) is 1. The van der Waals surface area contributed by atoms with Crippen LogP contribution < -0.4 is 20.9 Å². The molecule has 0 spiro atoms. The van der Waals surface area contributed by atoms with Crippen molar-refractivity contribution >= 4 is 28.9 Å². The minimum atomic E-state index is -0.338. The van der Waals surface area contributed by atoms with Gasteiger partial charge in [0.15, 0.2) is 17.2 Å². The number of amides is 1. The Morgan fingerprint density at radius 3 is 2.84 bits per heavy atom. The zero-order chi connectivity index (χ0) is 29.8. The zero-order valence-corrected chi connectivity index (χ0v) is 23.4. The van der Waals surface area contributed by atoms with Crippen molar-refractivity contribution in [2.75, 3.05) is 41.7 Å². The molecule has 5 aromatic rings. The van der Waals surface area contributed by atoms with E-state index in [1.165, 1.54) is 0 Å². The standard InChI is InChI=1S/C30H29N11O2/c1-20-10-15-39(16-17-40(20)24-18-22(36-37-29(24)31)21-6-2-3-7-25(21)42)27-9-13-32-26(35-27)8-4-11-34-30(43)23-19-28-33-12-5-14-41(28)38-23/h2-3,5-7,9,12-14,18-20,42H,10-11,15-17H2,1H3,(H2,31,37)(H,34,43)/t20-/m1/s1. The van der Waals surface area contributed by atoms with Crippen LogP contribution in [0.5, 0.6) is 5.75 Å². The van der Waals surface area contributed by atoms with Crippen molar-refractivity contribution in [2.24, 2.45) is 0 Å². The normalized spacial score (nSPS) is 15.0. The molecule has 1 aliphatic rings. The topological polar surface area (TPSA) is 164 Å². The summed E-state index contributed by atoms with van der Waals surface area (Å²) in [5.74, 6) is 7.12. The summed E-state index contributed by atoms with van der Waals surface area (Å²) >= 11 is 0. The van der Waals surface area contributed by atoms with Crippen LogP contribution in [0, 0.1) is 11.8 Å². The smallest absolute Gasteiger partial charge is 0.272 e. The Bertz CT molecular complexity index is 1810. The first kappa shape index (κ1) is 27.4. The number of hydrogen-bond donors (Lipinski definition) is 3. The molecule has 1 atom stereocenters. The lowest BCUT2D eigenvalue weighted by molar-refractivity contribution is 0.0953. The first-order chi connectivity index (χ1) is 21.0. The summed E-state index contributed by atoms with van der Waals surface area (Å²) in [4.78, 5) is 30.0. The molecule has 0 radical (unpaired) electrons. The third-order valence-electron chi connectivity index (χ3n) is 7.22. The number of aromatic hydroxyl groups is 1. The van der Waals surface area contributed by atoms with Crippen LogP contribution in [0.3, 0.4) is 0 Å². The van der Waals surface area contributed by atoms with Crippen molar-refractivity contribution in [2.45, 2.75) is 19.4 Å². The number of carbonyl (C=O) groups is 1. The van der Waals surface area contributed by atoms with Gasteiger partial charge in [0.25, 0.3) is 5.91 Å². The molecule has 1 aromatic carbocycles. The van der Waals surface area contributed by atoms with Crippen LogP contribution in [0.15, 0.2) is 67.1 Å². The number of carbonyl (C=O) groups excluding carboxylic acids is 1. The SMILES string of the molecule is C[C@@H]1CCN(c2ccnc(C#CCNC(=O)c3cc4ncccn4n3)n2)CCN1c1cc(-c2ccccc2O)nnc1N. The van der Waals surface area contributed by atoms with Gasteiger partial charge >= 0.3 is 0 Å². The average Bonchev–Trinajstić information content (AvgIpc) is 3.37. The Labute approximate surface area is 247 Å². The van der Waals surface area contributed by atoms with Crippen molar-refractivity contribution in [3.8, 4) is 28.8 Å². The van der Waals surface area contributed by atoms with Gasteiger partial charge < -0.3 is 26.0 Å². The highest BCUT2D eigenvalue weighted by atomic mass is 16.3. The highest BCUT2D eigenvalue weighted by Crippen LogP contribution is 2.33. The predicted octanol–water partition coefficient (Wildman–Crippen LogP) is 2.15. The molecule has 4 aromatic heterocycles. The molecule has 1 aliphatic heterocycles. The Hall–Kier alpha value is -5.77. The quantitative estimate of drug-likeness (QED) is 0.263. The van der Waals surface area contributed by atoms with Gasteiger partial charge in [-0.1, -0.05) is 18.1 Å². The summed E-state index contributed by atoms with van der Waals surface area (Å²) in [6.45, 7) is 4.40. The Morgan fingerprint density at radius 1 is 1.09 bits per heavy atom. The van der Waals surface area contributed by atoms with Crippen molar-refractivity contribution in [1.82, 2.24) is 40.1 Å². The number of aromatic nitrogens is 7. The minimum Gasteiger partial charge on any atom is -0.507 e. The largest absolute Gasteiger partial charge is 0.507 e. The number of fused-ring (bicyclic) bond motifs is 1. The number of hydrogen-bond acceptors (Lipinski definition) is 11. The fourth-order valence-electron chi connectivity index (χ4n) is 4.95. The first-order valence-electron chi connectivity index (χ1n) is 13.8. The van der Waals surface area contributed by atoms with Crippen LogP contribution in [-0.4, -0.2) is 78.0 Å². The molecule has 0 aliphatic carbocycles. The highest BCUT2D eigenvalue weighted by Gasteiger charge is 2.25. The second kappa shape index (κ2) is 12.0. The van der Waals surface area contributed by atoms with Gasteiger partial charge in [-0.3, -0.25) is 4.79 Å². The maximum atomic E-state index is 12.5. The Balaban J connectivity index is 1.11. The lowest BCUT2D eigenvalue weighted by Crippen LogP contribution is -2.35. The lowest BCUT2D eigenvalue weighted by Gasteiger charge is -2.29. The van der Waals surface area contributed by atoms with E-state index in [0.717, 1.165) is 24.5 Å². The summed E-state index contributed by atoms with van der Waals surface area (Å²) in [5.41, 5.74) is 9.07. The van der Waals surface area contributed by atoms with Gasteiger partial charge in [0, 0.05) is 55.9 Å². The molecule has 1 saturated heterocycles. The van der Waals surface area contributed by atoms with Crippen molar-refractivity contribution in [3.05, 3.63) is 78.6 Å². The van der Waals surface area contributed by atoms with Gasteiger partial charge in [0.1, 0.15) is 11.6 Å². The molecule has 5 heterocycles. The van der Waals surface area contributed by atoms with Gasteiger partial charge in [0.2, 0.25) is 5.82 Å². The fraction of sp³-hybridized carbons (Fsp3) is 0.233. The number of benzene rings is 1. The van der Waals surface area contributed by atoms with Crippen LogP contribution in [0.4, 0.5) is 17.3 Å². The molecular weight excluding hydrogens is 546 g/mol. The summed E-state index contributed by atoms with van der Waals surface area (Å²) in [5, 5.41) is 25.7. The van der Waals surface area contributed by atoms with Crippen LogP contribution in [-0.2, 0) is 0 Å². The van der Waals surface area contributed by atoms with Crippen molar-refractivity contribution in [1.29, 1.82) is 0 Å². The summed E-state index contributed by atoms with van der Waals surface area (Å²) in [7, 11) is 0. The number of rotatable bonds is 5. The Morgan fingerprint density at radius 2 is 1.98 bits per heavy atom. The van der Waals surface area contributed by atoms with Crippen LogP contribution in [0.25, 0.3) is 16.9 Å². The van der Waals surface area contributed by atoms with E-state index in [2.05, 4.69) is 64.1 Å². The van der Waals surface area contributed by atoms with Gasteiger partial charge in [0.05, 0.1) is 17.9 Å². The van der Waals surface area contributed by atoms with Gasteiger partial charge in [-0.15, -0.1) is 10.2 Å². The molecule has 6 rings (SSSR count). The van der Waals surface area contributed by atoms with E-state index in [9.17, 15) is 9.90 Å². The lowest BCUT2D eigenvalue weighted by atomic mass is 10.1. The van der Waals surface area contributed by atoms with Gasteiger partial charge in [-0.05, 0) is 49.6 Å². The average molecular weight is 576 g/mol. The van der Waals surface area contributed by atoms with Crippen molar-refractivity contribution in [3.63, 3.8) is 0 Å². The third kappa shape index (κ3) is 5.98. The van der Waals surface area contributed by atoms with Crippen molar-refractivity contribution < 1.29 is 9.90 Å². The molecule has 216 valence electrons. The number of phenolic OH excluding ortho intramolecular Hbond substituents is 1. The summed E-state index contributed by atoms with van der Waals surface area (Å²) in [6.07, 6.45) is 5.91. The zero-order valence-electron chi connectivity index (χ0n) is 23.4. The number of nitrogens with one attached hydrogen (secondary N) is 1. The summed E-state index contributed by atoms with van der Waals surface area (Å²) < 4.78 is 1.54. The molecule has 0 unspecified atom stereocenters. The molecule has 0 bridgehead atoms. The third-order valence-corrected chi connectivity index (χ3v) is 7.22. The molecular formula is C30H29N11O2. The van der Waals surface area contributed by atoms with Crippen LogP contribution in [0.2, 0.25) is 0 Å². The maximum Gasteiger partial charge on any atom is 0.272 e. The van der Waals surface area contributed by atoms with E-state index >= 15 is 0 Å². The highest BCUT2D eigenvalue weighted by molar-refractivity contribution is 5.93. The summed E-state index contributed by atoms with van der Waals surface area (Å²) in [6, 6.07) is 14.3. The van der Waals surface area contributed by atoms with Crippen LogP contribution >= 0.6 is 0 Å². The van der Waals surface area contributed by atoms with Gasteiger partial charge in [-0.25, -0.2) is 19.5 Å². The number of phenols is 1. The molecule has 43 heavy (non-hydrogen) atoms. The predicted molar refractivity (Wildman–Crippen MR) is 161 cm³/mol. The molecule has 13 heteroatoms. The Kier molecular flexibility index (Phi) is 7.64. The maximum absolute atomic E-state index is 12.5. The number of anilines is 3. The first-order valence-corrected chi connectivity index (χ1v) is 13.8. The molecule has 1 fully saturated rings. The fourth-order valence-corrected chi connectivity index (χ4v) is 4.95. The van der Waals surface area contributed by atoms with Gasteiger partial charge in [-0.2, -0.15) is 5.10 Å². The minimum absolute atomic E-state index is 0.119. The van der Waals surface area contributed by atoms with Crippen LogP contribution in [0.1, 0.15) is 29.7 Å². The molecule has 4 N–H and O–H groups in total. The van der Waals surface area contributed by atoms with E-state index in [4.69, 9.17) is 5.73 Å². The van der Waals surface area contributed by atoms with E-state index in [-0.39, 0.29) is 29.9 Å². The second-order valence-electron chi connectivity index (χ2n) is 10.0. The van der Waals surface area contributed by atoms with E-state index in [0.29, 0.717) is 41.6 Å². The molecule has 13 nitrogen and oxygen atoms in total. The molecule has 0 saturated carbocycles. The molecule has 1 amide bonds.